The molecule has 1 aromatic carbocycles. The number of hydrogen-bond donors (Lipinski definition) is 0. The number of rotatable bonds is 4. The molecule has 0 radical (unpaired) electrons. The van der Waals surface area contributed by atoms with Crippen LogP contribution < -0.4 is 0 Å². The molecule has 1 atom stereocenters. The van der Waals surface area contributed by atoms with Crippen LogP contribution in [0.2, 0.25) is 0 Å². The number of nitrogens with zero attached hydrogens (tertiary/aromatic N) is 4. The number of aryl methyl sites for hydroxylation is 1. The van der Waals surface area contributed by atoms with Crippen LogP contribution in [0.25, 0.3) is 11.1 Å². The van der Waals surface area contributed by atoms with Crippen LogP contribution in [0.3, 0.4) is 0 Å². The van der Waals surface area contributed by atoms with Gasteiger partial charge in [0, 0.05) is 24.4 Å². The molecule has 4 heterocycles. The van der Waals surface area contributed by atoms with Gasteiger partial charge in [0.2, 0.25) is 0 Å². The van der Waals surface area contributed by atoms with Gasteiger partial charge in [-0.15, -0.1) is 0 Å². The molecule has 1 unspecified atom stereocenters. The molecule has 5 nitrogen and oxygen atoms in total. The average Bonchev–Trinajstić information content (AvgIpc) is 3.42. The van der Waals surface area contributed by atoms with E-state index < -0.39 is 0 Å². The summed E-state index contributed by atoms with van der Waals surface area (Å²) < 4.78 is 7.73. The molecule has 5 heteroatoms. The molecule has 3 aromatic heterocycles. The SMILES string of the molecule is CCc1nn2c(c1-c1ccccc1)N=C(c1ccco1)CC2c1cccnc1. The Bertz CT molecular complexity index is 1110. The Kier molecular flexibility index (Phi) is 4.13. The van der Waals surface area contributed by atoms with Gasteiger partial charge < -0.3 is 4.42 Å². The smallest absolute Gasteiger partial charge is 0.159 e. The van der Waals surface area contributed by atoms with Crippen molar-refractivity contribution in [3.8, 4) is 11.1 Å². The summed E-state index contributed by atoms with van der Waals surface area (Å²) in [7, 11) is 0. The molecule has 1 aliphatic rings. The van der Waals surface area contributed by atoms with Gasteiger partial charge in [-0.05, 0) is 35.7 Å². The van der Waals surface area contributed by atoms with Crippen LogP contribution in [0, 0.1) is 0 Å². The second-order valence-electron chi connectivity index (χ2n) is 6.85. The predicted octanol–water partition coefficient (Wildman–Crippen LogP) is 5.21. The summed E-state index contributed by atoms with van der Waals surface area (Å²) in [6.07, 6.45) is 6.96. The molecule has 4 aromatic rings. The number of aromatic nitrogens is 3. The van der Waals surface area contributed by atoms with Gasteiger partial charge in [0.05, 0.1) is 23.7 Å². The summed E-state index contributed by atoms with van der Waals surface area (Å²) in [5.74, 6) is 1.69. The lowest BCUT2D eigenvalue weighted by atomic mass is 9.98. The third-order valence-corrected chi connectivity index (χ3v) is 5.15. The van der Waals surface area contributed by atoms with E-state index in [1.54, 1.807) is 12.5 Å². The van der Waals surface area contributed by atoms with Crippen molar-refractivity contribution in [2.75, 3.05) is 0 Å². The van der Waals surface area contributed by atoms with E-state index in [1.165, 1.54) is 0 Å². The van der Waals surface area contributed by atoms with Gasteiger partial charge >= 0.3 is 0 Å². The predicted molar refractivity (Wildman–Crippen MR) is 109 cm³/mol. The Balaban J connectivity index is 1.75. The standard InChI is InChI=1S/C23H20N4O/c1-2-18-22(16-8-4-3-5-9-16)23-25-19(21-11-7-13-28-21)14-20(27(23)26-18)17-10-6-12-24-15-17/h3-13,15,20H,2,14H2,1H3. The van der Waals surface area contributed by atoms with Crippen LogP contribution in [0.4, 0.5) is 5.82 Å². The van der Waals surface area contributed by atoms with Crippen LogP contribution in [0.1, 0.15) is 36.4 Å². The highest BCUT2D eigenvalue weighted by molar-refractivity contribution is 6.02. The largest absolute Gasteiger partial charge is 0.463 e. The van der Waals surface area contributed by atoms with Crippen molar-refractivity contribution < 1.29 is 4.42 Å². The Hall–Kier alpha value is -3.47. The molecule has 0 N–H and O–H groups in total. The zero-order valence-corrected chi connectivity index (χ0v) is 15.6. The van der Waals surface area contributed by atoms with E-state index in [0.29, 0.717) is 6.42 Å². The molecule has 1 aliphatic heterocycles. The van der Waals surface area contributed by atoms with Crippen molar-refractivity contribution in [2.45, 2.75) is 25.8 Å². The van der Waals surface area contributed by atoms with E-state index >= 15 is 0 Å². The lowest BCUT2D eigenvalue weighted by Gasteiger charge is -2.24. The van der Waals surface area contributed by atoms with Crippen LogP contribution in [-0.4, -0.2) is 20.5 Å². The molecule has 0 fully saturated rings. The van der Waals surface area contributed by atoms with Gasteiger partial charge in [0.1, 0.15) is 5.76 Å². The fourth-order valence-corrected chi connectivity index (χ4v) is 3.82. The third-order valence-electron chi connectivity index (χ3n) is 5.15. The highest BCUT2D eigenvalue weighted by Gasteiger charge is 2.31. The minimum Gasteiger partial charge on any atom is -0.463 e. The Morgan fingerprint density at radius 1 is 1.07 bits per heavy atom. The van der Waals surface area contributed by atoms with Gasteiger partial charge in [-0.3, -0.25) is 4.98 Å². The molecule has 0 aliphatic carbocycles. The summed E-state index contributed by atoms with van der Waals surface area (Å²) in [6.45, 7) is 2.14. The lowest BCUT2D eigenvalue weighted by molar-refractivity contribution is 0.511. The summed E-state index contributed by atoms with van der Waals surface area (Å²) in [5.41, 5.74) is 5.34. The number of pyridine rings is 1. The van der Waals surface area contributed by atoms with Crippen LogP contribution in [0.5, 0.6) is 0 Å². The number of furan rings is 1. The Morgan fingerprint density at radius 2 is 1.96 bits per heavy atom. The van der Waals surface area contributed by atoms with Gasteiger partial charge in [-0.25, -0.2) is 9.67 Å². The summed E-state index contributed by atoms with van der Waals surface area (Å²) in [5, 5.41) is 4.97. The van der Waals surface area contributed by atoms with Crippen LogP contribution in [0.15, 0.2) is 82.7 Å². The first-order valence-corrected chi connectivity index (χ1v) is 9.53. The Morgan fingerprint density at radius 3 is 2.68 bits per heavy atom. The molecule has 5 rings (SSSR count). The van der Waals surface area contributed by atoms with Crippen molar-refractivity contribution in [3.05, 3.63) is 90.3 Å². The molecule has 138 valence electrons. The topological polar surface area (TPSA) is 56.2 Å². The molecule has 0 spiro atoms. The normalized spacial score (nSPS) is 15.9. The first kappa shape index (κ1) is 16.7. The van der Waals surface area contributed by atoms with Crippen LogP contribution >= 0.6 is 0 Å². The van der Waals surface area contributed by atoms with E-state index in [1.807, 2.05) is 30.5 Å². The van der Waals surface area contributed by atoms with Crippen molar-refractivity contribution in [3.63, 3.8) is 0 Å². The number of benzene rings is 1. The maximum Gasteiger partial charge on any atom is 0.159 e. The molecule has 0 bridgehead atoms. The molecular weight excluding hydrogens is 348 g/mol. The third kappa shape index (κ3) is 2.76. The number of hydrogen-bond acceptors (Lipinski definition) is 4. The zero-order chi connectivity index (χ0) is 18.9. The second kappa shape index (κ2) is 6.93. The lowest BCUT2D eigenvalue weighted by Crippen LogP contribution is -2.21. The Labute approximate surface area is 163 Å². The van der Waals surface area contributed by atoms with E-state index in [0.717, 1.165) is 46.1 Å². The van der Waals surface area contributed by atoms with Gasteiger partial charge in [0.25, 0.3) is 0 Å². The number of aliphatic imine (C=N–C) groups is 1. The summed E-state index contributed by atoms with van der Waals surface area (Å²) in [6, 6.07) is 18.3. The van der Waals surface area contributed by atoms with E-state index in [2.05, 4.69) is 46.9 Å². The van der Waals surface area contributed by atoms with Gasteiger partial charge in [-0.2, -0.15) is 5.10 Å². The van der Waals surface area contributed by atoms with Crippen molar-refractivity contribution in [1.82, 2.24) is 14.8 Å². The summed E-state index contributed by atoms with van der Waals surface area (Å²) >= 11 is 0. The van der Waals surface area contributed by atoms with Gasteiger partial charge in [-0.1, -0.05) is 43.3 Å². The molecule has 28 heavy (non-hydrogen) atoms. The van der Waals surface area contributed by atoms with Crippen molar-refractivity contribution in [2.24, 2.45) is 4.99 Å². The fourth-order valence-electron chi connectivity index (χ4n) is 3.82. The van der Waals surface area contributed by atoms with Crippen molar-refractivity contribution >= 4 is 11.5 Å². The zero-order valence-electron chi connectivity index (χ0n) is 15.6. The number of fused-ring (bicyclic) bond motifs is 1. The quantitative estimate of drug-likeness (QED) is 0.496. The minimum absolute atomic E-state index is 0.0315. The fraction of sp³-hybridized carbons (Fsp3) is 0.174. The average molecular weight is 368 g/mol. The van der Waals surface area contributed by atoms with E-state index in [-0.39, 0.29) is 6.04 Å². The molecule has 0 saturated heterocycles. The maximum absolute atomic E-state index is 5.67. The van der Waals surface area contributed by atoms with Gasteiger partial charge in [0.15, 0.2) is 5.82 Å². The van der Waals surface area contributed by atoms with E-state index in [9.17, 15) is 0 Å². The maximum atomic E-state index is 5.67. The highest BCUT2D eigenvalue weighted by atomic mass is 16.3. The summed E-state index contributed by atoms with van der Waals surface area (Å²) in [4.78, 5) is 9.34. The molecule has 0 amide bonds. The first-order chi connectivity index (χ1) is 13.8. The first-order valence-electron chi connectivity index (χ1n) is 9.53. The molecular formula is C23H20N4O. The molecule has 0 saturated carbocycles. The minimum atomic E-state index is 0.0315. The van der Waals surface area contributed by atoms with Crippen molar-refractivity contribution in [1.29, 1.82) is 0 Å². The van der Waals surface area contributed by atoms with E-state index in [4.69, 9.17) is 14.5 Å². The monoisotopic (exact) mass is 368 g/mol. The second-order valence-corrected chi connectivity index (χ2v) is 6.85. The van der Waals surface area contributed by atoms with Crippen LogP contribution in [-0.2, 0) is 6.42 Å². The highest BCUT2D eigenvalue weighted by Crippen LogP contribution is 2.41.